The van der Waals surface area contributed by atoms with Gasteiger partial charge in [-0.1, -0.05) is 0 Å². The molecule has 8 heteroatoms. The molecule has 2 heterocycles. The Labute approximate surface area is 122 Å². The van der Waals surface area contributed by atoms with Crippen molar-refractivity contribution in [2.75, 3.05) is 30.3 Å². The monoisotopic (exact) mass is 317 g/mol. The third-order valence-electron chi connectivity index (χ3n) is 3.97. The largest absolute Gasteiger partial charge is 0.396 e. The van der Waals surface area contributed by atoms with Crippen LogP contribution in [-0.2, 0) is 9.84 Å². The molecule has 112 valence electrons. The van der Waals surface area contributed by atoms with E-state index < -0.39 is 9.84 Å². The fourth-order valence-electron chi connectivity index (χ4n) is 2.70. The molecular weight excluding hydrogens is 298 g/mol. The Balaban J connectivity index is 1.94. The fourth-order valence-corrected chi connectivity index (χ4v) is 5.76. The molecule has 0 spiro atoms. The van der Waals surface area contributed by atoms with Crippen LogP contribution in [0.25, 0.3) is 0 Å². The minimum Gasteiger partial charge on any atom is -0.396 e. The van der Waals surface area contributed by atoms with Crippen LogP contribution in [0.4, 0.5) is 10.8 Å². The molecule has 1 atom stereocenters. The summed E-state index contributed by atoms with van der Waals surface area (Å²) >= 11 is 1.16. The highest BCUT2D eigenvalue weighted by Crippen LogP contribution is 2.43. The van der Waals surface area contributed by atoms with Crippen LogP contribution in [0.2, 0.25) is 0 Å². The molecule has 0 radical (unpaired) electrons. The van der Waals surface area contributed by atoms with Crippen molar-refractivity contribution in [3.63, 3.8) is 0 Å². The number of hydrogen-bond donors (Lipinski definition) is 2. The SMILES string of the molecule is Nc1nsc(N2CCCC(CO)C2)c1S(=O)(=O)C1CC1. The molecule has 1 saturated heterocycles. The normalized spacial score (nSPS) is 24.1. The Morgan fingerprint density at radius 3 is 2.80 bits per heavy atom. The number of hydrogen-bond acceptors (Lipinski definition) is 7. The number of aliphatic hydroxyl groups is 1. The second kappa shape index (κ2) is 5.16. The number of aromatic nitrogens is 1. The Kier molecular flexibility index (Phi) is 3.64. The van der Waals surface area contributed by atoms with Crippen molar-refractivity contribution in [2.24, 2.45) is 5.92 Å². The van der Waals surface area contributed by atoms with Crippen LogP contribution in [0, 0.1) is 5.92 Å². The van der Waals surface area contributed by atoms with Crippen molar-refractivity contribution in [1.82, 2.24) is 4.37 Å². The van der Waals surface area contributed by atoms with Gasteiger partial charge in [-0.2, -0.15) is 4.37 Å². The zero-order valence-corrected chi connectivity index (χ0v) is 12.8. The highest BCUT2D eigenvalue weighted by atomic mass is 32.2. The molecule has 1 aromatic rings. The van der Waals surface area contributed by atoms with Crippen LogP contribution < -0.4 is 10.6 Å². The lowest BCUT2D eigenvalue weighted by molar-refractivity contribution is 0.209. The summed E-state index contributed by atoms with van der Waals surface area (Å²) in [7, 11) is -3.34. The van der Waals surface area contributed by atoms with Gasteiger partial charge in [0.15, 0.2) is 15.7 Å². The zero-order chi connectivity index (χ0) is 14.3. The molecule has 1 unspecified atom stereocenters. The summed E-state index contributed by atoms with van der Waals surface area (Å²) < 4.78 is 29.1. The van der Waals surface area contributed by atoms with Crippen molar-refractivity contribution in [3.05, 3.63) is 0 Å². The van der Waals surface area contributed by atoms with E-state index in [-0.39, 0.29) is 28.5 Å². The first-order valence-electron chi connectivity index (χ1n) is 6.89. The molecule has 3 rings (SSSR count). The van der Waals surface area contributed by atoms with Crippen LogP contribution in [-0.4, -0.2) is 42.8 Å². The van der Waals surface area contributed by atoms with Gasteiger partial charge in [0.05, 0.1) is 5.25 Å². The van der Waals surface area contributed by atoms with Gasteiger partial charge in [0.25, 0.3) is 0 Å². The summed E-state index contributed by atoms with van der Waals surface area (Å²) in [5, 5.41) is 9.69. The first kappa shape index (κ1) is 14.1. The van der Waals surface area contributed by atoms with Crippen LogP contribution in [0.5, 0.6) is 0 Å². The second-order valence-corrected chi connectivity index (χ2v) is 8.50. The Morgan fingerprint density at radius 1 is 1.40 bits per heavy atom. The maximum absolute atomic E-state index is 12.5. The van der Waals surface area contributed by atoms with Crippen molar-refractivity contribution in [1.29, 1.82) is 0 Å². The molecule has 6 nitrogen and oxygen atoms in total. The molecule has 20 heavy (non-hydrogen) atoms. The van der Waals surface area contributed by atoms with E-state index in [1.807, 2.05) is 4.90 Å². The number of piperidine rings is 1. The zero-order valence-electron chi connectivity index (χ0n) is 11.2. The van der Waals surface area contributed by atoms with Gasteiger partial charge in [0, 0.05) is 19.7 Å². The first-order valence-corrected chi connectivity index (χ1v) is 9.21. The third kappa shape index (κ3) is 2.40. The molecule has 1 aliphatic carbocycles. The highest BCUT2D eigenvalue weighted by Gasteiger charge is 2.42. The van der Waals surface area contributed by atoms with E-state index >= 15 is 0 Å². The first-order chi connectivity index (χ1) is 9.54. The lowest BCUT2D eigenvalue weighted by atomic mass is 9.99. The smallest absolute Gasteiger partial charge is 0.187 e. The summed E-state index contributed by atoms with van der Waals surface area (Å²) in [6.45, 7) is 1.60. The maximum atomic E-state index is 12.5. The lowest BCUT2D eigenvalue weighted by Crippen LogP contribution is -2.37. The Hall–Kier alpha value is -0.860. The summed E-state index contributed by atoms with van der Waals surface area (Å²) in [4.78, 5) is 2.25. The Bertz CT molecular complexity index is 595. The summed E-state index contributed by atoms with van der Waals surface area (Å²) in [5.74, 6) is 0.326. The number of nitrogens with two attached hydrogens (primary N) is 1. The van der Waals surface area contributed by atoms with Gasteiger partial charge >= 0.3 is 0 Å². The van der Waals surface area contributed by atoms with Gasteiger partial charge < -0.3 is 15.7 Å². The third-order valence-corrected chi connectivity index (χ3v) is 7.34. The Morgan fingerprint density at radius 2 is 2.15 bits per heavy atom. The average molecular weight is 317 g/mol. The van der Waals surface area contributed by atoms with E-state index in [4.69, 9.17) is 5.73 Å². The molecule has 1 saturated carbocycles. The number of rotatable bonds is 4. The highest BCUT2D eigenvalue weighted by molar-refractivity contribution is 7.92. The standard InChI is InChI=1S/C12H19N3O3S2/c13-11-10(20(17,18)9-3-4-9)12(19-14-11)15-5-1-2-8(6-15)7-16/h8-9,16H,1-7H2,(H2,13,14). The molecule has 1 aliphatic heterocycles. The number of anilines is 2. The van der Waals surface area contributed by atoms with E-state index in [1.165, 1.54) is 0 Å². The van der Waals surface area contributed by atoms with Gasteiger partial charge in [-0.05, 0) is 43.1 Å². The minimum absolute atomic E-state index is 0.128. The van der Waals surface area contributed by atoms with E-state index in [1.54, 1.807) is 0 Å². The maximum Gasteiger partial charge on any atom is 0.187 e. The van der Waals surface area contributed by atoms with E-state index in [2.05, 4.69) is 4.37 Å². The number of nitrogen functional groups attached to an aromatic ring is 1. The molecule has 0 bridgehead atoms. The van der Waals surface area contributed by atoms with Crippen molar-refractivity contribution in [3.8, 4) is 0 Å². The average Bonchev–Trinajstić information content (AvgIpc) is 3.22. The molecule has 1 aromatic heterocycles. The predicted octanol–water partition coefficient (Wildman–Crippen LogP) is 0.870. The quantitative estimate of drug-likeness (QED) is 0.855. The molecule has 2 aliphatic rings. The van der Waals surface area contributed by atoms with E-state index in [0.29, 0.717) is 11.5 Å². The van der Waals surface area contributed by atoms with Crippen molar-refractivity contribution in [2.45, 2.75) is 35.8 Å². The lowest BCUT2D eigenvalue weighted by Gasteiger charge is -2.32. The molecule has 3 N–H and O–H groups in total. The van der Waals surface area contributed by atoms with Crippen LogP contribution in [0.3, 0.4) is 0 Å². The topological polar surface area (TPSA) is 96.5 Å². The van der Waals surface area contributed by atoms with Crippen molar-refractivity contribution < 1.29 is 13.5 Å². The van der Waals surface area contributed by atoms with Gasteiger partial charge in [-0.3, -0.25) is 0 Å². The molecule has 0 amide bonds. The van der Waals surface area contributed by atoms with Crippen LogP contribution >= 0.6 is 11.5 Å². The second-order valence-electron chi connectivity index (χ2n) is 5.58. The van der Waals surface area contributed by atoms with Gasteiger partial charge in [-0.15, -0.1) is 0 Å². The number of nitrogens with zero attached hydrogens (tertiary/aromatic N) is 2. The van der Waals surface area contributed by atoms with E-state index in [9.17, 15) is 13.5 Å². The molecule has 2 fully saturated rings. The van der Waals surface area contributed by atoms with Gasteiger partial charge in [0.1, 0.15) is 9.90 Å². The minimum atomic E-state index is -3.34. The van der Waals surface area contributed by atoms with Gasteiger partial charge in [0.2, 0.25) is 0 Å². The number of sulfone groups is 1. The van der Waals surface area contributed by atoms with Crippen molar-refractivity contribution >= 4 is 32.2 Å². The number of aliphatic hydroxyl groups excluding tert-OH is 1. The summed E-state index contributed by atoms with van der Waals surface area (Å²) in [6.07, 6.45) is 3.37. The van der Waals surface area contributed by atoms with E-state index in [0.717, 1.165) is 43.8 Å². The summed E-state index contributed by atoms with van der Waals surface area (Å²) in [6, 6.07) is 0. The molecular formula is C12H19N3O3S2. The predicted molar refractivity (Wildman–Crippen MR) is 78.8 cm³/mol. The van der Waals surface area contributed by atoms with Crippen LogP contribution in [0.15, 0.2) is 4.90 Å². The fraction of sp³-hybridized carbons (Fsp3) is 0.750. The summed E-state index contributed by atoms with van der Waals surface area (Å²) in [5.41, 5.74) is 5.81. The van der Waals surface area contributed by atoms with Crippen LogP contribution in [0.1, 0.15) is 25.7 Å². The molecule has 0 aromatic carbocycles. The van der Waals surface area contributed by atoms with Gasteiger partial charge in [-0.25, -0.2) is 8.42 Å².